The zero-order valence-corrected chi connectivity index (χ0v) is 37.7. The van der Waals surface area contributed by atoms with Gasteiger partial charge in [0.1, 0.15) is 0 Å². The summed E-state index contributed by atoms with van der Waals surface area (Å²) >= 11 is 1.85. The molecular formula is C65H40N2S. The molecule has 0 radical (unpaired) electrons. The third-order valence-corrected chi connectivity index (χ3v) is 15.5. The fraction of sp³-hybridized carbons (Fsp3) is 0.0154. The van der Waals surface area contributed by atoms with Gasteiger partial charge in [0.05, 0.1) is 16.8 Å². The van der Waals surface area contributed by atoms with Crippen LogP contribution in [0, 0.1) is 0 Å². The Balaban J connectivity index is 0.977. The molecule has 1 spiro atoms. The average Bonchev–Trinajstić information content (AvgIpc) is 4.05. The van der Waals surface area contributed by atoms with Crippen molar-refractivity contribution in [3.8, 4) is 89.5 Å². The number of hydrogen-bond donors (Lipinski definition) is 0. The van der Waals surface area contributed by atoms with Gasteiger partial charge in [0.25, 0.3) is 0 Å². The van der Waals surface area contributed by atoms with Crippen LogP contribution in [-0.2, 0) is 5.41 Å². The summed E-state index contributed by atoms with van der Waals surface area (Å²) in [4.78, 5) is 10.9. The van der Waals surface area contributed by atoms with Crippen LogP contribution in [0.3, 0.4) is 0 Å². The number of benzene rings is 10. The van der Waals surface area contributed by atoms with Gasteiger partial charge in [-0.05, 0) is 126 Å². The van der Waals surface area contributed by atoms with Crippen LogP contribution < -0.4 is 0 Å². The van der Waals surface area contributed by atoms with Crippen LogP contribution in [0.25, 0.3) is 110 Å². The molecule has 0 amide bonds. The number of nitrogens with zero attached hydrogens (tertiary/aromatic N) is 2. The molecular weight excluding hydrogens is 841 g/mol. The second kappa shape index (κ2) is 15.3. The Hall–Kier alpha value is -8.50. The summed E-state index contributed by atoms with van der Waals surface area (Å²) in [7, 11) is 0. The molecule has 3 heteroatoms. The first-order valence-corrected chi connectivity index (χ1v) is 24.1. The standard InChI is InChI=1S/C65H40N2S/c1-3-15-41(16-4-1)42-27-29-43(30-28-42)47-35-48(45-32-34-63-55(38-45)54-22-10-14-26-62(54)68-63)37-49(36-47)61-40-60(66-64(67-61)44-17-5-2-6-18-44)46-31-33-53-52-21-9-13-25-58(52)65(59(53)39-46)56-23-11-7-19-50(56)51-20-8-12-24-57(51)65/h1-40H. The summed E-state index contributed by atoms with van der Waals surface area (Å²) < 4.78 is 2.59. The highest BCUT2D eigenvalue weighted by Gasteiger charge is 2.51. The average molecular weight is 881 g/mol. The number of aromatic nitrogens is 2. The molecule has 0 N–H and O–H groups in total. The highest BCUT2D eigenvalue weighted by atomic mass is 32.1. The molecule has 0 saturated heterocycles. The molecule has 14 rings (SSSR count). The molecule has 68 heavy (non-hydrogen) atoms. The van der Waals surface area contributed by atoms with Crippen molar-refractivity contribution in [3.05, 3.63) is 265 Å². The minimum atomic E-state index is -0.457. The van der Waals surface area contributed by atoms with Crippen molar-refractivity contribution in [2.24, 2.45) is 0 Å². The molecule has 2 aromatic heterocycles. The van der Waals surface area contributed by atoms with Crippen molar-refractivity contribution in [2.45, 2.75) is 5.41 Å². The van der Waals surface area contributed by atoms with Gasteiger partial charge < -0.3 is 0 Å². The van der Waals surface area contributed by atoms with E-state index in [1.165, 1.54) is 81.4 Å². The van der Waals surface area contributed by atoms with Crippen molar-refractivity contribution < 1.29 is 0 Å². The number of fused-ring (bicyclic) bond motifs is 13. The smallest absolute Gasteiger partial charge is 0.160 e. The SMILES string of the molecule is c1ccc(-c2ccc(-c3cc(-c4ccc5sc6ccccc6c5c4)cc(-c4cc(-c5ccc6c(c5)C5(c7ccccc7-c7ccccc75)c5ccccc5-6)nc(-c5ccccc5)n4)c3)cc2)cc1. The molecule has 0 bridgehead atoms. The van der Waals surface area contributed by atoms with E-state index in [0.29, 0.717) is 5.82 Å². The predicted molar refractivity (Wildman–Crippen MR) is 284 cm³/mol. The molecule has 12 aromatic rings. The zero-order valence-electron chi connectivity index (χ0n) is 36.9. The monoisotopic (exact) mass is 880 g/mol. The van der Waals surface area contributed by atoms with Crippen LogP contribution in [0.1, 0.15) is 22.3 Å². The van der Waals surface area contributed by atoms with Gasteiger partial charge in [-0.25, -0.2) is 9.97 Å². The van der Waals surface area contributed by atoms with E-state index in [-0.39, 0.29) is 0 Å². The molecule has 0 saturated carbocycles. The molecule has 10 aromatic carbocycles. The lowest BCUT2D eigenvalue weighted by molar-refractivity contribution is 0.794. The van der Waals surface area contributed by atoms with Crippen LogP contribution in [0.4, 0.5) is 0 Å². The molecule has 0 unspecified atom stereocenters. The summed E-state index contributed by atoms with van der Waals surface area (Å²) in [6.07, 6.45) is 0. The molecule has 0 fully saturated rings. The van der Waals surface area contributed by atoms with E-state index >= 15 is 0 Å². The molecule has 2 aliphatic carbocycles. The Morgan fingerprint density at radius 1 is 0.265 bits per heavy atom. The molecule has 316 valence electrons. The number of rotatable bonds is 6. The van der Waals surface area contributed by atoms with Crippen molar-refractivity contribution >= 4 is 31.5 Å². The van der Waals surface area contributed by atoms with E-state index in [1.807, 2.05) is 11.3 Å². The van der Waals surface area contributed by atoms with Gasteiger partial charge in [-0.1, -0.05) is 194 Å². The van der Waals surface area contributed by atoms with Gasteiger partial charge in [-0.15, -0.1) is 11.3 Å². The van der Waals surface area contributed by atoms with Gasteiger partial charge >= 0.3 is 0 Å². The van der Waals surface area contributed by atoms with Crippen LogP contribution in [0.2, 0.25) is 0 Å². The first kappa shape index (κ1) is 38.7. The fourth-order valence-electron chi connectivity index (χ4n) is 11.2. The maximum Gasteiger partial charge on any atom is 0.160 e. The lowest BCUT2D eigenvalue weighted by Crippen LogP contribution is -2.25. The van der Waals surface area contributed by atoms with Crippen LogP contribution in [-0.4, -0.2) is 9.97 Å². The predicted octanol–water partition coefficient (Wildman–Crippen LogP) is 17.2. The maximum atomic E-state index is 5.43. The van der Waals surface area contributed by atoms with E-state index in [4.69, 9.17) is 9.97 Å². The second-order valence-corrected chi connectivity index (χ2v) is 19.1. The van der Waals surface area contributed by atoms with E-state index in [1.54, 1.807) is 0 Å². The van der Waals surface area contributed by atoms with Crippen LogP contribution in [0.5, 0.6) is 0 Å². The Morgan fingerprint density at radius 3 is 1.38 bits per heavy atom. The molecule has 2 nitrogen and oxygen atoms in total. The topological polar surface area (TPSA) is 25.8 Å². The van der Waals surface area contributed by atoms with Crippen LogP contribution in [0.15, 0.2) is 243 Å². The van der Waals surface area contributed by atoms with Crippen LogP contribution >= 0.6 is 11.3 Å². The minimum absolute atomic E-state index is 0.457. The zero-order chi connectivity index (χ0) is 44.8. The fourth-order valence-corrected chi connectivity index (χ4v) is 12.3. The van der Waals surface area contributed by atoms with Gasteiger partial charge in [0, 0.05) is 36.9 Å². The maximum absolute atomic E-state index is 5.43. The Kier molecular flexibility index (Phi) is 8.71. The highest BCUT2D eigenvalue weighted by Crippen LogP contribution is 2.63. The lowest BCUT2D eigenvalue weighted by atomic mass is 9.70. The normalized spacial score (nSPS) is 12.8. The Labute approximate surface area is 399 Å². The summed E-state index contributed by atoms with van der Waals surface area (Å²) in [5, 5.41) is 2.57. The van der Waals surface area contributed by atoms with Crippen molar-refractivity contribution in [3.63, 3.8) is 0 Å². The molecule has 2 heterocycles. The van der Waals surface area contributed by atoms with Crippen molar-refractivity contribution in [1.82, 2.24) is 9.97 Å². The Bertz CT molecular complexity index is 3900. The van der Waals surface area contributed by atoms with Gasteiger partial charge in [-0.2, -0.15) is 0 Å². The van der Waals surface area contributed by atoms with E-state index in [0.717, 1.165) is 44.8 Å². The number of thiophene rings is 1. The van der Waals surface area contributed by atoms with E-state index < -0.39 is 5.41 Å². The number of hydrogen-bond acceptors (Lipinski definition) is 3. The first-order valence-electron chi connectivity index (χ1n) is 23.3. The summed E-state index contributed by atoms with van der Waals surface area (Å²) in [6, 6.07) is 88.8. The van der Waals surface area contributed by atoms with Gasteiger partial charge in [0.2, 0.25) is 0 Å². The third kappa shape index (κ3) is 5.96. The van der Waals surface area contributed by atoms with E-state index in [2.05, 4.69) is 243 Å². The van der Waals surface area contributed by atoms with E-state index in [9.17, 15) is 0 Å². The largest absolute Gasteiger partial charge is 0.228 e. The third-order valence-electron chi connectivity index (χ3n) is 14.3. The summed E-state index contributed by atoms with van der Waals surface area (Å²) in [5.41, 5.74) is 21.7. The lowest BCUT2D eigenvalue weighted by Gasteiger charge is -2.30. The summed E-state index contributed by atoms with van der Waals surface area (Å²) in [6.45, 7) is 0. The molecule has 0 atom stereocenters. The molecule has 0 aliphatic heterocycles. The van der Waals surface area contributed by atoms with Gasteiger partial charge in [-0.3, -0.25) is 0 Å². The van der Waals surface area contributed by atoms with Gasteiger partial charge in [0.15, 0.2) is 5.82 Å². The Morgan fingerprint density at radius 2 is 0.721 bits per heavy atom. The minimum Gasteiger partial charge on any atom is -0.228 e. The first-order chi connectivity index (χ1) is 33.7. The van der Waals surface area contributed by atoms with Crippen molar-refractivity contribution in [2.75, 3.05) is 0 Å². The molecule has 2 aliphatic rings. The van der Waals surface area contributed by atoms with Crippen molar-refractivity contribution in [1.29, 1.82) is 0 Å². The summed E-state index contributed by atoms with van der Waals surface area (Å²) in [5.74, 6) is 0.693. The quantitative estimate of drug-likeness (QED) is 0.166. The highest BCUT2D eigenvalue weighted by molar-refractivity contribution is 7.25. The second-order valence-electron chi connectivity index (χ2n) is 18.0.